The Bertz CT molecular complexity index is 1480. The van der Waals surface area contributed by atoms with Crippen molar-refractivity contribution in [3.05, 3.63) is 89.2 Å². The first-order valence-electron chi connectivity index (χ1n) is 14.5. The summed E-state index contributed by atoms with van der Waals surface area (Å²) in [5.41, 5.74) is 2.33. The van der Waals surface area contributed by atoms with Crippen molar-refractivity contribution < 1.29 is 18.7 Å². The van der Waals surface area contributed by atoms with Crippen molar-refractivity contribution in [2.45, 2.75) is 52.5 Å². The minimum atomic E-state index is -1.30. The Hall–Kier alpha value is -4.01. The number of halogens is 1. The average molecular weight is 621 g/mol. The number of carbonyl (C=O) groups is 1. The van der Waals surface area contributed by atoms with E-state index in [0.717, 1.165) is 22.9 Å². The van der Waals surface area contributed by atoms with Gasteiger partial charge >= 0.3 is 0 Å². The number of carbonyl (C=O) groups excluding carboxylic acids is 1. The highest BCUT2D eigenvalue weighted by atomic mass is 31.1. The summed E-state index contributed by atoms with van der Waals surface area (Å²) in [6, 6.07) is 18.0. The number of rotatable bonds is 13. The van der Waals surface area contributed by atoms with Gasteiger partial charge in [-0.05, 0) is 74.4 Å². The van der Waals surface area contributed by atoms with Crippen LogP contribution < -0.4 is 15.4 Å². The summed E-state index contributed by atoms with van der Waals surface area (Å²) in [7, 11) is 1.65. The van der Waals surface area contributed by atoms with Crippen LogP contribution in [0.3, 0.4) is 0 Å². The highest BCUT2D eigenvalue weighted by Crippen LogP contribution is 2.33. The number of amides is 1. The van der Waals surface area contributed by atoms with Gasteiger partial charge in [0.15, 0.2) is 5.90 Å². The summed E-state index contributed by atoms with van der Waals surface area (Å²) in [4.78, 5) is 23.8. The van der Waals surface area contributed by atoms with E-state index in [2.05, 4.69) is 27.1 Å². The zero-order valence-corrected chi connectivity index (χ0v) is 27.2. The van der Waals surface area contributed by atoms with Crippen LogP contribution in [-0.2, 0) is 4.74 Å². The third-order valence-corrected chi connectivity index (χ3v) is 7.67. The van der Waals surface area contributed by atoms with Crippen LogP contribution in [-0.4, -0.2) is 65.6 Å². The van der Waals surface area contributed by atoms with E-state index in [1.165, 1.54) is 12.3 Å². The molecule has 0 fully saturated rings. The largest absolute Gasteiger partial charge is 0.439 e. The molecule has 0 saturated heterocycles. The fraction of sp³-hybridized carbons (Fsp3) is 0.364. The summed E-state index contributed by atoms with van der Waals surface area (Å²) < 4.78 is 25.6. The number of hydrogen-bond acceptors (Lipinski definition) is 8. The Labute approximate surface area is 261 Å². The lowest BCUT2D eigenvalue weighted by Crippen LogP contribution is -2.41. The highest BCUT2D eigenvalue weighted by molar-refractivity contribution is 7.48. The van der Waals surface area contributed by atoms with E-state index in [1.807, 2.05) is 43.3 Å². The van der Waals surface area contributed by atoms with Gasteiger partial charge in [-0.1, -0.05) is 51.9 Å². The number of nitrogens with zero attached hydrogens (tertiary/aromatic N) is 3. The number of ether oxygens (including phenoxy) is 2. The normalized spacial score (nSPS) is 12.8. The molecule has 0 radical (unpaired) electrons. The van der Waals surface area contributed by atoms with Gasteiger partial charge in [-0.3, -0.25) is 30.5 Å². The van der Waals surface area contributed by atoms with E-state index in [4.69, 9.17) is 20.3 Å². The molecule has 9 nitrogen and oxygen atoms in total. The van der Waals surface area contributed by atoms with Crippen LogP contribution in [0.15, 0.2) is 71.9 Å². The molecule has 3 rings (SSSR count). The Kier molecular flexibility index (Phi) is 12.7. The van der Waals surface area contributed by atoms with Crippen LogP contribution in [0.25, 0.3) is 0 Å². The maximum Gasteiger partial charge on any atom is 0.269 e. The molecule has 0 aliphatic carbocycles. The van der Waals surface area contributed by atoms with Crippen LogP contribution in [0, 0.1) is 17.7 Å². The highest BCUT2D eigenvalue weighted by Gasteiger charge is 2.27. The fourth-order valence-corrected chi connectivity index (χ4v) is 5.78. The lowest BCUT2D eigenvalue weighted by Gasteiger charge is -2.32. The van der Waals surface area contributed by atoms with Crippen molar-refractivity contribution in [2.24, 2.45) is 4.99 Å². The molecule has 234 valence electrons. The van der Waals surface area contributed by atoms with E-state index in [0.29, 0.717) is 36.8 Å². The number of alkyl halides is 1. The number of aliphatic imine (C=N–C) groups is 1. The maximum absolute atomic E-state index is 14.1. The predicted molar refractivity (Wildman–Crippen MR) is 177 cm³/mol. The zero-order chi connectivity index (χ0) is 32.3. The summed E-state index contributed by atoms with van der Waals surface area (Å²) in [6.45, 7) is 10.1. The molecule has 0 saturated carbocycles. The van der Waals surface area contributed by atoms with Crippen molar-refractivity contribution in [1.29, 1.82) is 10.8 Å². The zero-order valence-electron chi connectivity index (χ0n) is 26.2. The molecule has 2 unspecified atom stereocenters. The second kappa shape index (κ2) is 16.2. The van der Waals surface area contributed by atoms with Gasteiger partial charge in [-0.25, -0.2) is 4.39 Å². The molecule has 11 heteroatoms. The summed E-state index contributed by atoms with van der Waals surface area (Å²) in [5, 5.41) is 18.9. The second-order valence-corrected chi connectivity index (χ2v) is 12.8. The third kappa shape index (κ3) is 10.3. The van der Waals surface area contributed by atoms with Gasteiger partial charge in [0.25, 0.3) is 5.91 Å². The van der Waals surface area contributed by atoms with E-state index < -0.39 is 5.41 Å². The van der Waals surface area contributed by atoms with Crippen LogP contribution in [0.2, 0.25) is 0 Å². The van der Waals surface area contributed by atoms with Crippen LogP contribution in [0.5, 0.6) is 5.75 Å². The Morgan fingerprint density at radius 2 is 1.86 bits per heavy atom. The van der Waals surface area contributed by atoms with Crippen molar-refractivity contribution >= 4 is 37.5 Å². The molecule has 0 aliphatic rings. The monoisotopic (exact) mass is 620 g/mol. The quantitative estimate of drug-likeness (QED) is 0.122. The molecule has 44 heavy (non-hydrogen) atoms. The first kappa shape index (κ1) is 34.5. The van der Waals surface area contributed by atoms with Gasteiger partial charge in [-0.2, -0.15) is 0 Å². The molecular formula is C33H42FN6O3P. The van der Waals surface area contributed by atoms with E-state index in [9.17, 15) is 9.18 Å². The molecule has 3 aromatic rings. The fourth-order valence-electron chi connectivity index (χ4n) is 4.64. The first-order chi connectivity index (χ1) is 20.9. The third-order valence-electron chi connectivity index (χ3n) is 6.47. The lowest BCUT2D eigenvalue weighted by atomic mass is 10.0. The number of pyridine rings is 1. The number of aryl methyl sites for hydroxylation is 1. The number of hydrogen-bond donors (Lipinski definition) is 3. The molecule has 3 N–H and O–H groups in total. The van der Waals surface area contributed by atoms with Crippen molar-refractivity contribution in [3.63, 3.8) is 0 Å². The molecule has 0 bridgehead atoms. The predicted octanol–water partition coefficient (Wildman–Crippen LogP) is 6.03. The molecule has 0 aliphatic heterocycles. The Morgan fingerprint density at radius 1 is 1.14 bits per heavy atom. The summed E-state index contributed by atoms with van der Waals surface area (Å²) in [6.07, 6.45) is 2.33. The van der Waals surface area contributed by atoms with Crippen LogP contribution >= 0.6 is 8.58 Å². The first-order valence-corrected chi connectivity index (χ1v) is 15.5. The number of nitrogens with one attached hydrogen (secondary N) is 3. The lowest BCUT2D eigenvalue weighted by molar-refractivity contribution is 0.0941. The minimum Gasteiger partial charge on any atom is -0.439 e. The Morgan fingerprint density at radius 3 is 2.48 bits per heavy atom. The standard InChI is InChI=1S/C33H42FN6O3P/c1-7-18-40(29(24-11-9-8-10-12-24)32(37-6)42-23(3)35)19-17-39-31(41)27-21-25(15-16-38-27)30(36)43-28-14-13-26(20-22(28)2)44-33(4,5)34/h8-16,20-21,29,35-36,44H,7,17-19H2,1-6H3,(H,39,41). The molecule has 2 aromatic carbocycles. The van der Waals surface area contributed by atoms with Crippen molar-refractivity contribution in [2.75, 3.05) is 26.7 Å². The van der Waals surface area contributed by atoms with Gasteiger partial charge in [0.2, 0.25) is 11.8 Å². The maximum atomic E-state index is 14.1. The van der Waals surface area contributed by atoms with Crippen LogP contribution in [0.1, 0.15) is 67.3 Å². The number of aromatic nitrogens is 1. The molecule has 0 spiro atoms. The van der Waals surface area contributed by atoms with Gasteiger partial charge in [0, 0.05) is 38.8 Å². The molecule has 1 aromatic heterocycles. The molecular weight excluding hydrogens is 578 g/mol. The molecule has 1 amide bonds. The van der Waals surface area contributed by atoms with Gasteiger partial charge in [-0.15, -0.1) is 0 Å². The van der Waals surface area contributed by atoms with Crippen molar-refractivity contribution in [1.82, 2.24) is 15.2 Å². The van der Waals surface area contributed by atoms with Crippen LogP contribution in [0.4, 0.5) is 4.39 Å². The van der Waals surface area contributed by atoms with E-state index in [1.54, 1.807) is 46.0 Å². The van der Waals surface area contributed by atoms with Gasteiger partial charge < -0.3 is 14.8 Å². The minimum absolute atomic E-state index is 0.00399. The van der Waals surface area contributed by atoms with E-state index >= 15 is 0 Å². The van der Waals surface area contributed by atoms with Gasteiger partial charge in [0.05, 0.1) is 0 Å². The smallest absolute Gasteiger partial charge is 0.269 e. The van der Waals surface area contributed by atoms with E-state index in [-0.39, 0.29) is 38.0 Å². The van der Waals surface area contributed by atoms with Crippen molar-refractivity contribution in [3.8, 4) is 5.75 Å². The second-order valence-electron chi connectivity index (χ2n) is 10.8. The molecule has 2 atom stereocenters. The average Bonchev–Trinajstić information content (AvgIpc) is 2.97. The topological polar surface area (TPSA) is 124 Å². The Balaban J connectivity index is 1.69. The summed E-state index contributed by atoms with van der Waals surface area (Å²) in [5.74, 6) is 0.444. The number of benzene rings is 2. The van der Waals surface area contributed by atoms with Gasteiger partial charge in [0.1, 0.15) is 22.9 Å². The SMILES string of the molecule is CCCN(CCNC(=O)c1cc(C(=N)Oc2ccc(PC(C)(C)F)cc2C)ccn1)C(C(=NC)OC(C)=N)c1ccccc1. The summed E-state index contributed by atoms with van der Waals surface area (Å²) >= 11 is 0. The molecule has 1 heterocycles.